The van der Waals surface area contributed by atoms with Crippen LogP contribution in [0.25, 0.3) is 109 Å². The van der Waals surface area contributed by atoms with Crippen LogP contribution in [0.1, 0.15) is 11.1 Å². The molecule has 9 heterocycles. The number of hydrogen-bond acceptors (Lipinski definition) is 1. The Bertz CT molecular complexity index is 4150. The first-order chi connectivity index (χ1) is 27.8. The van der Waals surface area contributed by atoms with Crippen LogP contribution in [-0.2, 0) is 5.66 Å². The minimum atomic E-state index is -0.758. The zero-order valence-electron chi connectivity index (χ0n) is 29.7. The van der Waals surface area contributed by atoms with Crippen LogP contribution in [0.3, 0.4) is 0 Å². The van der Waals surface area contributed by atoms with E-state index < -0.39 is 5.66 Å². The summed E-state index contributed by atoms with van der Waals surface area (Å²) < 4.78 is 17.5. The van der Waals surface area contributed by atoms with Crippen molar-refractivity contribution in [2.75, 3.05) is 0 Å². The van der Waals surface area contributed by atoms with Gasteiger partial charge in [-0.25, -0.2) is 0 Å². The first-order valence-corrected chi connectivity index (χ1v) is 19.5. The summed E-state index contributed by atoms with van der Waals surface area (Å²) in [6.07, 6.45) is 0. The SMILES string of the molecule is c1ccc2c(c1)ccc1c3ccc4[n+]5c3c3c(c6ccccc6n3c21)C51c2c3ccccc3n3c2c2c(ccc([n+]21)O4)c1c2ccccc2c2ccccc2c13. The molecular weight excluding hydrogens is 685 g/mol. The van der Waals surface area contributed by atoms with Gasteiger partial charge in [0, 0.05) is 32.3 Å². The van der Waals surface area contributed by atoms with E-state index in [4.69, 9.17) is 4.74 Å². The van der Waals surface area contributed by atoms with Gasteiger partial charge in [-0.1, -0.05) is 130 Å². The Balaban J connectivity index is 1.27. The van der Waals surface area contributed by atoms with Crippen molar-refractivity contribution in [3.8, 4) is 11.8 Å². The number of aromatic nitrogens is 4. The monoisotopic (exact) mass is 710 g/mol. The highest BCUT2D eigenvalue weighted by atomic mass is 16.5. The summed E-state index contributed by atoms with van der Waals surface area (Å²) >= 11 is 0. The standard InChI is InChI=1S/C51H26N4O/c1-2-12-28-27(11-1)21-22-33-34-23-25-40-54-47(34)49-43(35-17-7-9-19-38(35)52(49)45(28)33)51(54)44-36-18-8-10-20-39(36)53-46-32-16-6-4-14-30(32)29-13-3-5-15-31(29)42(46)37-24-26-41(56-40)55(51)48(37)50(44)53/h1-26H/q+2. The molecule has 3 aliphatic heterocycles. The zero-order chi connectivity index (χ0) is 35.8. The van der Waals surface area contributed by atoms with Crippen LogP contribution in [0.2, 0.25) is 0 Å². The lowest BCUT2D eigenvalue weighted by molar-refractivity contribution is -0.958. The summed E-state index contributed by atoms with van der Waals surface area (Å²) in [5, 5.41) is 15.1. The van der Waals surface area contributed by atoms with Crippen molar-refractivity contribution in [2.45, 2.75) is 5.66 Å². The number of ether oxygens (including phenoxy) is 1. The van der Waals surface area contributed by atoms with Crippen LogP contribution in [0.5, 0.6) is 11.8 Å². The minimum absolute atomic E-state index is 0.758. The molecule has 0 radical (unpaired) electrons. The summed E-state index contributed by atoms with van der Waals surface area (Å²) in [6, 6.07) is 58.7. The summed E-state index contributed by atoms with van der Waals surface area (Å²) in [5.74, 6) is 1.71. The number of hydrogen-bond donors (Lipinski definition) is 0. The predicted molar refractivity (Wildman–Crippen MR) is 224 cm³/mol. The smallest absolute Gasteiger partial charge is 0.348 e. The lowest BCUT2D eigenvalue weighted by Gasteiger charge is -2.24. The summed E-state index contributed by atoms with van der Waals surface area (Å²) in [6.45, 7) is 0. The Morgan fingerprint density at radius 3 is 1.54 bits per heavy atom. The lowest BCUT2D eigenvalue weighted by atomic mass is 9.90. The highest BCUT2D eigenvalue weighted by Gasteiger charge is 2.72. The molecule has 0 N–H and O–H groups in total. The van der Waals surface area contributed by atoms with Gasteiger partial charge in [0.1, 0.15) is 22.2 Å². The summed E-state index contributed by atoms with van der Waals surface area (Å²) in [5.41, 5.74) is 11.8. The second-order valence-electron chi connectivity index (χ2n) is 16.0. The first kappa shape index (κ1) is 27.1. The molecule has 0 saturated heterocycles. The molecule has 1 atom stereocenters. The molecule has 3 aliphatic rings. The molecule has 5 nitrogen and oxygen atoms in total. The molecule has 7 aromatic carbocycles. The fourth-order valence-corrected chi connectivity index (χ4v) is 12.0. The van der Waals surface area contributed by atoms with E-state index in [1.165, 1.54) is 120 Å². The maximum Gasteiger partial charge on any atom is 0.428 e. The maximum atomic E-state index is 7.13. The van der Waals surface area contributed by atoms with E-state index in [1.54, 1.807) is 0 Å². The average molecular weight is 711 g/mol. The van der Waals surface area contributed by atoms with Crippen molar-refractivity contribution in [2.24, 2.45) is 0 Å². The number of para-hydroxylation sites is 2. The molecule has 0 saturated carbocycles. The van der Waals surface area contributed by atoms with Crippen molar-refractivity contribution in [3.63, 3.8) is 0 Å². The first-order valence-electron chi connectivity index (χ1n) is 19.5. The molecule has 1 unspecified atom stereocenters. The van der Waals surface area contributed by atoms with E-state index in [1.807, 2.05) is 0 Å². The van der Waals surface area contributed by atoms with Crippen LogP contribution in [-0.4, -0.2) is 8.80 Å². The van der Waals surface area contributed by atoms with Crippen molar-refractivity contribution < 1.29 is 13.9 Å². The van der Waals surface area contributed by atoms with E-state index in [-0.39, 0.29) is 0 Å². The quantitative estimate of drug-likeness (QED) is 0.114. The molecular formula is C51H26N4O+2. The molecule has 16 rings (SSSR count). The maximum absolute atomic E-state index is 7.13. The van der Waals surface area contributed by atoms with Crippen molar-refractivity contribution >= 4 is 109 Å². The molecule has 5 heteroatoms. The van der Waals surface area contributed by atoms with Crippen molar-refractivity contribution in [1.82, 2.24) is 8.80 Å². The second-order valence-corrected chi connectivity index (χ2v) is 16.0. The van der Waals surface area contributed by atoms with Gasteiger partial charge in [0.25, 0.3) is 0 Å². The van der Waals surface area contributed by atoms with Crippen LogP contribution >= 0.6 is 0 Å². The predicted octanol–water partition coefficient (Wildman–Crippen LogP) is 11.2. The average Bonchev–Trinajstić information content (AvgIpc) is 3.98. The van der Waals surface area contributed by atoms with E-state index >= 15 is 0 Å². The van der Waals surface area contributed by atoms with Crippen LogP contribution < -0.4 is 13.9 Å². The van der Waals surface area contributed by atoms with E-state index in [0.29, 0.717) is 0 Å². The molecule has 254 valence electrons. The van der Waals surface area contributed by atoms with Gasteiger partial charge in [-0.3, -0.25) is 0 Å². The molecule has 1 spiro atoms. The molecule has 0 bridgehead atoms. The van der Waals surface area contributed by atoms with Gasteiger partial charge in [-0.15, -0.1) is 0 Å². The van der Waals surface area contributed by atoms with Gasteiger partial charge >= 0.3 is 17.4 Å². The van der Waals surface area contributed by atoms with E-state index in [9.17, 15) is 0 Å². The Morgan fingerprint density at radius 1 is 0.357 bits per heavy atom. The number of rotatable bonds is 0. The Kier molecular flexibility index (Phi) is 4.15. The van der Waals surface area contributed by atoms with Crippen molar-refractivity contribution in [1.29, 1.82) is 0 Å². The third-order valence-corrected chi connectivity index (χ3v) is 13.7. The Morgan fingerprint density at radius 2 is 0.839 bits per heavy atom. The number of fused-ring (bicyclic) bond motifs is 19. The van der Waals surface area contributed by atoms with Gasteiger partial charge in [0.05, 0.1) is 45.0 Å². The molecule has 56 heavy (non-hydrogen) atoms. The van der Waals surface area contributed by atoms with Crippen LogP contribution in [0, 0.1) is 0 Å². The van der Waals surface area contributed by atoms with Gasteiger partial charge in [-0.05, 0) is 45.8 Å². The molecule has 0 fully saturated rings. The Labute approximate surface area is 316 Å². The lowest BCUT2D eigenvalue weighted by Crippen LogP contribution is -2.74. The summed E-state index contributed by atoms with van der Waals surface area (Å²) in [4.78, 5) is 0. The fourth-order valence-electron chi connectivity index (χ4n) is 12.0. The van der Waals surface area contributed by atoms with Crippen LogP contribution in [0.15, 0.2) is 158 Å². The van der Waals surface area contributed by atoms with Gasteiger partial charge in [0.15, 0.2) is 0 Å². The Hall–Kier alpha value is -7.50. The zero-order valence-corrected chi connectivity index (χ0v) is 29.7. The van der Waals surface area contributed by atoms with Crippen molar-refractivity contribution in [3.05, 3.63) is 169 Å². The molecule has 0 aliphatic carbocycles. The fraction of sp³-hybridized carbons (Fsp3) is 0.0196. The number of benzene rings is 7. The third kappa shape index (κ3) is 2.54. The molecule has 6 aromatic heterocycles. The highest BCUT2D eigenvalue weighted by molar-refractivity contribution is 6.33. The molecule has 0 amide bonds. The normalized spacial score (nSPS) is 16.4. The minimum Gasteiger partial charge on any atom is -0.348 e. The van der Waals surface area contributed by atoms with Crippen LogP contribution in [0.4, 0.5) is 0 Å². The molecule has 13 aromatic rings. The number of pyridine rings is 4. The van der Waals surface area contributed by atoms with E-state index in [2.05, 4.69) is 176 Å². The second kappa shape index (κ2) is 8.57. The highest BCUT2D eigenvalue weighted by Crippen LogP contribution is 2.57. The van der Waals surface area contributed by atoms with Gasteiger partial charge in [-0.2, -0.15) is 0 Å². The third-order valence-electron chi connectivity index (χ3n) is 13.7. The van der Waals surface area contributed by atoms with Gasteiger partial charge in [0.2, 0.25) is 11.0 Å². The summed E-state index contributed by atoms with van der Waals surface area (Å²) in [7, 11) is 0. The largest absolute Gasteiger partial charge is 0.428 e. The van der Waals surface area contributed by atoms with Gasteiger partial charge < -0.3 is 13.5 Å². The topological polar surface area (TPSA) is 25.8 Å². The van der Waals surface area contributed by atoms with E-state index in [0.717, 1.165) is 11.8 Å². The number of nitrogens with zero attached hydrogens (tertiary/aromatic N) is 4.